The van der Waals surface area contributed by atoms with Crippen molar-refractivity contribution in [2.45, 2.75) is 24.0 Å². The lowest BCUT2D eigenvalue weighted by atomic mass is 9.95. The summed E-state index contributed by atoms with van der Waals surface area (Å²) in [5.41, 5.74) is 1.72. The SMILES string of the molecule is CN=C(NCCS(=O)Cc1ccccc1)NCC1(c2ccccc2F)CC1.I. The predicted molar refractivity (Wildman–Crippen MR) is 125 cm³/mol. The van der Waals surface area contributed by atoms with Crippen molar-refractivity contribution < 1.29 is 8.60 Å². The quantitative estimate of drug-likeness (QED) is 0.321. The minimum atomic E-state index is -0.926. The lowest BCUT2D eigenvalue weighted by molar-refractivity contribution is 0.560. The Hall–Kier alpha value is -1.48. The summed E-state index contributed by atoms with van der Waals surface area (Å²) in [6.07, 6.45) is 1.94. The van der Waals surface area contributed by atoms with E-state index in [0.717, 1.165) is 24.0 Å². The van der Waals surface area contributed by atoms with Crippen molar-refractivity contribution in [3.05, 3.63) is 71.5 Å². The van der Waals surface area contributed by atoms with Gasteiger partial charge in [0, 0.05) is 47.9 Å². The van der Waals surface area contributed by atoms with Crippen LogP contribution in [0.1, 0.15) is 24.0 Å². The Bertz CT molecular complexity index is 812. The molecule has 1 aliphatic rings. The van der Waals surface area contributed by atoms with Gasteiger partial charge < -0.3 is 10.6 Å². The van der Waals surface area contributed by atoms with E-state index in [0.29, 0.717) is 30.6 Å². The Morgan fingerprint density at radius 3 is 2.43 bits per heavy atom. The Labute approximate surface area is 185 Å². The van der Waals surface area contributed by atoms with E-state index in [-0.39, 0.29) is 35.2 Å². The molecule has 1 fully saturated rings. The first-order chi connectivity index (χ1) is 13.1. The van der Waals surface area contributed by atoms with E-state index < -0.39 is 10.8 Å². The van der Waals surface area contributed by atoms with Gasteiger partial charge in [-0.25, -0.2) is 4.39 Å². The summed E-state index contributed by atoms with van der Waals surface area (Å²) in [4.78, 5) is 4.22. The fraction of sp³-hybridized carbons (Fsp3) is 0.381. The standard InChI is InChI=1S/C21H26FN3OS.HI/c1-23-20(24-13-14-27(26)15-17-7-3-2-4-8-17)25-16-21(11-12-21)18-9-5-6-10-19(18)22;/h2-10H,11-16H2,1H3,(H2,23,24,25);1H. The van der Waals surface area contributed by atoms with Gasteiger partial charge >= 0.3 is 0 Å². The van der Waals surface area contributed by atoms with Crippen LogP contribution in [-0.2, 0) is 22.0 Å². The third kappa shape index (κ3) is 6.27. The number of hydrogen-bond acceptors (Lipinski definition) is 2. The first kappa shape index (κ1) is 22.8. The molecular weight excluding hydrogens is 488 g/mol. The van der Waals surface area contributed by atoms with Crippen LogP contribution in [0.4, 0.5) is 4.39 Å². The fourth-order valence-corrected chi connectivity index (χ4v) is 4.21. The van der Waals surface area contributed by atoms with Crippen molar-refractivity contribution in [2.75, 3.05) is 25.9 Å². The maximum Gasteiger partial charge on any atom is 0.191 e. The maximum absolute atomic E-state index is 14.1. The van der Waals surface area contributed by atoms with Gasteiger partial charge in [0.1, 0.15) is 5.82 Å². The molecule has 2 N–H and O–H groups in total. The second-order valence-corrected chi connectivity index (χ2v) is 8.46. The van der Waals surface area contributed by atoms with Gasteiger partial charge in [-0.3, -0.25) is 9.20 Å². The molecule has 0 radical (unpaired) electrons. The fourth-order valence-electron chi connectivity index (χ4n) is 3.17. The summed E-state index contributed by atoms with van der Waals surface area (Å²) >= 11 is 0. The van der Waals surface area contributed by atoms with E-state index in [1.54, 1.807) is 13.1 Å². The molecule has 1 atom stereocenters. The molecule has 2 aromatic carbocycles. The smallest absolute Gasteiger partial charge is 0.191 e. The van der Waals surface area contributed by atoms with Gasteiger partial charge in [0.15, 0.2) is 5.96 Å². The van der Waals surface area contributed by atoms with Gasteiger partial charge in [0.2, 0.25) is 0 Å². The van der Waals surface area contributed by atoms with Crippen LogP contribution in [-0.4, -0.2) is 36.1 Å². The highest BCUT2D eigenvalue weighted by atomic mass is 127. The van der Waals surface area contributed by atoms with E-state index in [9.17, 15) is 8.60 Å². The van der Waals surface area contributed by atoms with Crippen LogP contribution in [0, 0.1) is 5.82 Å². The average Bonchev–Trinajstić information content (AvgIpc) is 3.46. The summed E-state index contributed by atoms with van der Waals surface area (Å²) in [6, 6.07) is 16.8. The Kier molecular flexibility index (Phi) is 8.88. The van der Waals surface area contributed by atoms with Gasteiger partial charge in [-0.05, 0) is 30.0 Å². The van der Waals surface area contributed by atoms with Crippen LogP contribution >= 0.6 is 24.0 Å². The van der Waals surface area contributed by atoms with E-state index in [2.05, 4.69) is 15.6 Å². The van der Waals surface area contributed by atoms with Gasteiger partial charge in [0.05, 0.1) is 0 Å². The third-order valence-electron chi connectivity index (χ3n) is 4.91. The van der Waals surface area contributed by atoms with Gasteiger partial charge in [-0.1, -0.05) is 48.5 Å². The molecule has 0 heterocycles. The van der Waals surface area contributed by atoms with Crippen molar-refractivity contribution in [1.29, 1.82) is 0 Å². The van der Waals surface area contributed by atoms with Crippen molar-refractivity contribution in [2.24, 2.45) is 4.99 Å². The van der Waals surface area contributed by atoms with Crippen LogP contribution in [0.5, 0.6) is 0 Å². The summed E-state index contributed by atoms with van der Waals surface area (Å²) in [7, 11) is 0.782. The van der Waals surface area contributed by atoms with Crippen LogP contribution < -0.4 is 10.6 Å². The summed E-state index contributed by atoms with van der Waals surface area (Å²) in [5, 5.41) is 6.50. The highest BCUT2D eigenvalue weighted by molar-refractivity contribution is 14.0. The molecule has 1 aliphatic carbocycles. The molecule has 0 spiro atoms. The summed E-state index contributed by atoms with van der Waals surface area (Å²) < 4.78 is 26.3. The van der Waals surface area contributed by atoms with Crippen molar-refractivity contribution in [3.63, 3.8) is 0 Å². The monoisotopic (exact) mass is 515 g/mol. The molecule has 4 nitrogen and oxygen atoms in total. The Balaban J connectivity index is 0.00000280. The second-order valence-electron chi connectivity index (χ2n) is 6.89. The van der Waals surface area contributed by atoms with E-state index in [4.69, 9.17) is 0 Å². The van der Waals surface area contributed by atoms with Crippen molar-refractivity contribution in [3.8, 4) is 0 Å². The number of hydrogen-bond donors (Lipinski definition) is 2. The van der Waals surface area contributed by atoms with Gasteiger partial charge in [-0.15, -0.1) is 24.0 Å². The lowest BCUT2D eigenvalue weighted by Crippen LogP contribution is -2.42. The number of guanidine groups is 1. The summed E-state index contributed by atoms with van der Waals surface area (Å²) in [6.45, 7) is 1.21. The largest absolute Gasteiger partial charge is 0.356 e. The van der Waals surface area contributed by atoms with Gasteiger partial charge in [-0.2, -0.15) is 0 Å². The molecule has 1 saturated carbocycles. The van der Waals surface area contributed by atoms with Crippen LogP contribution in [0.3, 0.4) is 0 Å². The summed E-state index contributed by atoms with van der Waals surface area (Å²) in [5.74, 6) is 1.63. The number of nitrogens with one attached hydrogen (secondary N) is 2. The highest BCUT2D eigenvalue weighted by Crippen LogP contribution is 2.48. The third-order valence-corrected chi connectivity index (χ3v) is 6.22. The topological polar surface area (TPSA) is 53.5 Å². The molecule has 2 aromatic rings. The molecule has 0 aliphatic heterocycles. The molecular formula is C21H27FIN3OS. The highest BCUT2D eigenvalue weighted by Gasteiger charge is 2.45. The lowest BCUT2D eigenvalue weighted by Gasteiger charge is -2.19. The second kappa shape index (κ2) is 10.9. The molecule has 1 unspecified atom stereocenters. The van der Waals surface area contributed by atoms with E-state index in [1.807, 2.05) is 42.5 Å². The van der Waals surface area contributed by atoms with Crippen LogP contribution in [0.25, 0.3) is 0 Å². The zero-order valence-electron chi connectivity index (χ0n) is 16.0. The first-order valence-corrected chi connectivity index (χ1v) is 10.7. The Morgan fingerprint density at radius 2 is 1.79 bits per heavy atom. The van der Waals surface area contributed by atoms with Crippen molar-refractivity contribution in [1.82, 2.24) is 10.6 Å². The number of aliphatic imine (C=N–C) groups is 1. The minimum Gasteiger partial charge on any atom is -0.356 e. The van der Waals surface area contributed by atoms with E-state index >= 15 is 0 Å². The molecule has 152 valence electrons. The molecule has 0 amide bonds. The van der Waals surface area contributed by atoms with Crippen LogP contribution in [0.2, 0.25) is 0 Å². The number of halogens is 2. The molecule has 0 saturated heterocycles. The van der Waals surface area contributed by atoms with E-state index in [1.165, 1.54) is 6.07 Å². The first-order valence-electron chi connectivity index (χ1n) is 9.21. The number of benzene rings is 2. The molecule has 28 heavy (non-hydrogen) atoms. The van der Waals surface area contributed by atoms with Gasteiger partial charge in [0.25, 0.3) is 0 Å². The minimum absolute atomic E-state index is 0. The van der Waals surface area contributed by atoms with Crippen molar-refractivity contribution >= 4 is 40.7 Å². The van der Waals surface area contributed by atoms with Crippen LogP contribution in [0.15, 0.2) is 59.6 Å². The Morgan fingerprint density at radius 1 is 1.11 bits per heavy atom. The predicted octanol–water partition coefficient (Wildman–Crippen LogP) is 3.59. The number of nitrogens with zero attached hydrogens (tertiary/aromatic N) is 1. The molecule has 7 heteroatoms. The maximum atomic E-state index is 14.1. The average molecular weight is 515 g/mol. The molecule has 0 bridgehead atoms. The number of rotatable bonds is 8. The normalized spacial score (nSPS) is 16.0. The zero-order chi connectivity index (χ0) is 19.1. The zero-order valence-corrected chi connectivity index (χ0v) is 19.1. The molecule has 0 aromatic heterocycles. The molecule has 3 rings (SSSR count).